The van der Waals surface area contributed by atoms with Gasteiger partial charge in [-0.2, -0.15) is 0 Å². The van der Waals surface area contributed by atoms with Crippen LogP contribution in [0.2, 0.25) is 0 Å². The number of anilines is 1. The van der Waals surface area contributed by atoms with E-state index in [2.05, 4.69) is 40.2 Å². The number of nitrogens with zero attached hydrogens (tertiary/aromatic N) is 1. The van der Waals surface area contributed by atoms with Gasteiger partial charge in [0.25, 0.3) is 0 Å². The van der Waals surface area contributed by atoms with E-state index >= 15 is 0 Å². The molecule has 0 N–H and O–H groups in total. The zero-order chi connectivity index (χ0) is 18.9. The second kappa shape index (κ2) is 6.03. The van der Waals surface area contributed by atoms with E-state index in [4.69, 9.17) is 0 Å². The van der Waals surface area contributed by atoms with Gasteiger partial charge in [-0.15, -0.1) is 0 Å². The summed E-state index contributed by atoms with van der Waals surface area (Å²) in [5.41, 5.74) is 4.15. The lowest BCUT2D eigenvalue weighted by Crippen LogP contribution is -2.33. The van der Waals surface area contributed by atoms with Gasteiger partial charge in [0.15, 0.2) is 0 Å². The average molecular weight is 424 g/mol. The number of hydrogen-bond donors (Lipinski definition) is 0. The van der Waals surface area contributed by atoms with Crippen LogP contribution in [0, 0.1) is 37.5 Å². The summed E-state index contributed by atoms with van der Waals surface area (Å²) in [6, 6.07) is 14.3. The van der Waals surface area contributed by atoms with Crippen molar-refractivity contribution in [1.29, 1.82) is 0 Å². The smallest absolute Gasteiger partial charge is 0.238 e. The minimum absolute atomic E-state index is 0.0166. The molecule has 2 aliphatic carbocycles. The molecule has 2 aromatic carbocycles. The zero-order valence-electron chi connectivity index (χ0n) is 15.5. The zero-order valence-corrected chi connectivity index (χ0v) is 17.1. The van der Waals surface area contributed by atoms with Crippen LogP contribution in [0.4, 0.5) is 5.69 Å². The van der Waals surface area contributed by atoms with Crippen molar-refractivity contribution < 1.29 is 9.59 Å². The molecule has 2 bridgehead atoms. The van der Waals surface area contributed by atoms with Gasteiger partial charge in [0.2, 0.25) is 11.8 Å². The minimum Gasteiger partial charge on any atom is -0.274 e. The molecule has 1 saturated heterocycles. The molecule has 3 nitrogen and oxygen atoms in total. The SMILES string of the molecule is Cc1c(Br)ccc(N2C(=O)[C@H]3[C@@H]4C[C@@H]([C@@H]3C2=O)[C@@H](c2ccccc2)C4)c1C. The van der Waals surface area contributed by atoms with Crippen molar-refractivity contribution in [3.63, 3.8) is 0 Å². The lowest BCUT2D eigenvalue weighted by atomic mass is 9.73. The second-order valence-electron chi connectivity index (χ2n) is 8.29. The maximum absolute atomic E-state index is 13.4. The lowest BCUT2D eigenvalue weighted by molar-refractivity contribution is -0.123. The molecule has 138 valence electrons. The number of amides is 2. The van der Waals surface area contributed by atoms with Crippen molar-refractivity contribution in [2.24, 2.45) is 23.7 Å². The molecule has 2 amide bonds. The Balaban J connectivity index is 1.52. The number of imide groups is 1. The predicted octanol–water partition coefficient (Wildman–Crippen LogP) is 5.00. The largest absolute Gasteiger partial charge is 0.274 e. The number of carbonyl (C=O) groups is 2. The van der Waals surface area contributed by atoms with Gasteiger partial charge in [0, 0.05) is 4.47 Å². The Morgan fingerprint density at radius 2 is 1.59 bits per heavy atom. The van der Waals surface area contributed by atoms with Crippen LogP contribution in [0.25, 0.3) is 0 Å². The van der Waals surface area contributed by atoms with Gasteiger partial charge < -0.3 is 0 Å². The van der Waals surface area contributed by atoms with E-state index in [1.807, 2.05) is 32.0 Å². The number of carbonyl (C=O) groups excluding carboxylic acids is 2. The van der Waals surface area contributed by atoms with Crippen molar-refractivity contribution in [3.05, 3.63) is 63.6 Å². The summed E-state index contributed by atoms with van der Waals surface area (Å²) in [6.07, 6.45) is 2.04. The molecule has 0 radical (unpaired) electrons. The fourth-order valence-electron chi connectivity index (χ4n) is 5.80. The van der Waals surface area contributed by atoms with Gasteiger partial charge >= 0.3 is 0 Å². The van der Waals surface area contributed by atoms with E-state index in [-0.39, 0.29) is 23.7 Å². The Bertz CT molecular complexity index is 954. The molecule has 27 heavy (non-hydrogen) atoms. The Kier molecular flexibility index (Phi) is 3.84. The topological polar surface area (TPSA) is 37.4 Å². The first-order chi connectivity index (χ1) is 13.0. The van der Waals surface area contributed by atoms with Crippen molar-refractivity contribution in [1.82, 2.24) is 0 Å². The molecule has 2 aromatic rings. The molecule has 5 rings (SSSR count). The fraction of sp³-hybridized carbons (Fsp3) is 0.391. The van der Waals surface area contributed by atoms with Crippen molar-refractivity contribution in [2.75, 3.05) is 4.90 Å². The highest BCUT2D eigenvalue weighted by Gasteiger charge is 2.64. The summed E-state index contributed by atoms with van der Waals surface area (Å²) in [7, 11) is 0. The monoisotopic (exact) mass is 423 g/mol. The molecule has 2 saturated carbocycles. The van der Waals surface area contributed by atoms with Crippen LogP contribution in [-0.4, -0.2) is 11.8 Å². The van der Waals surface area contributed by atoms with Crippen LogP contribution < -0.4 is 4.90 Å². The highest BCUT2D eigenvalue weighted by Crippen LogP contribution is 2.62. The summed E-state index contributed by atoms with van der Waals surface area (Å²) in [4.78, 5) is 28.2. The molecule has 0 unspecified atom stereocenters. The summed E-state index contributed by atoms with van der Waals surface area (Å²) >= 11 is 3.54. The van der Waals surface area contributed by atoms with Crippen molar-refractivity contribution in [2.45, 2.75) is 32.6 Å². The second-order valence-corrected chi connectivity index (χ2v) is 9.15. The molecule has 0 aromatic heterocycles. The normalized spacial score (nSPS) is 31.7. The highest BCUT2D eigenvalue weighted by atomic mass is 79.9. The number of rotatable bonds is 2. The predicted molar refractivity (Wildman–Crippen MR) is 108 cm³/mol. The molecule has 3 fully saturated rings. The first kappa shape index (κ1) is 17.2. The fourth-order valence-corrected chi connectivity index (χ4v) is 6.23. The third-order valence-corrected chi connectivity index (χ3v) is 8.04. The van der Waals surface area contributed by atoms with E-state index in [0.29, 0.717) is 17.8 Å². The molecule has 5 atom stereocenters. The Morgan fingerprint density at radius 3 is 2.33 bits per heavy atom. The minimum atomic E-state index is -0.148. The Morgan fingerprint density at radius 1 is 0.889 bits per heavy atom. The van der Waals surface area contributed by atoms with Gasteiger partial charge in [0.05, 0.1) is 17.5 Å². The first-order valence-electron chi connectivity index (χ1n) is 9.67. The summed E-state index contributed by atoms with van der Waals surface area (Å²) in [6.45, 7) is 4.01. The van der Waals surface area contributed by atoms with Crippen molar-refractivity contribution >= 4 is 33.4 Å². The highest BCUT2D eigenvalue weighted by molar-refractivity contribution is 9.10. The van der Waals surface area contributed by atoms with Crippen LogP contribution in [0.1, 0.15) is 35.4 Å². The summed E-state index contributed by atoms with van der Waals surface area (Å²) in [5, 5.41) is 0. The van der Waals surface area contributed by atoms with E-state index in [0.717, 1.165) is 34.1 Å². The molecular weight excluding hydrogens is 402 g/mol. The van der Waals surface area contributed by atoms with E-state index in [9.17, 15) is 9.59 Å². The third kappa shape index (κ3) is 2.32. The van der Waals surface area contributed by atoms with Gasteiger partial charge in [-0.25, -0.2) is 4.90 Å². The van der Waals surface area contributed by atoms with Gasteiger partial charge in [0.1, 0.15) is 0 Å². The molecule has 1 aliphatic heterocycles. The Labute approximate surface area is 167 Å². The summed E-state index contributed by atoms with van der Waals surface area (Å²) < 4.78 is 1.01. The van der Waals surface area contributed by atoms with Gasteiger partial charge in [-0.1, -0.05) is 46.3 Å². The number of benzene rings is 2. The van der Waals surface area contributed by atoms with Crippen LogP contribution >= 0.6 is 15.9 Å². The third-order valence-electron chi connectivity index (χ3n) is 7.18. The maximum atomic E-state index is 13.4. The van der Waals surface area contributed by atoms with Crippen LogP contribution in [0.3, 0.4) is 0 Å². The molecule has 4 heteroatoms. The quantitative estimate of drug-likeness (QED) is 0.637. The molecule has 0 spiro atoms. The van der Waals surface area contributed by atoms with Gasteiger partial charge in [-0.05, 0) is 73.3 Å². The number of halogens is 1. The van der Waals surface area contributed by atoms with Crippen LogP contribution in [-0.2, 0) is 9.59 Å². The number of hydrogen-bond acceptors (Lipinski definition) is 2. The van der Waals surface area contributed by atoms with E-state index in [1.165, 1.54) is 10.5 Å². The first-order valence-corrected chi connectivity index (χ1v) is 10.5. The van der Waals surface area contributed by atoms with Gasteiger partial charge in [-0.3, -0.25) is 9.59 Å². The maximum Gasteiger partial charge on any atom is 0.238 e. The van der Waals surface area contributed by atoms with Crippen LogP contribution in [0.5, 0.6) is 0 Å². The summed E-state index contributed by atoms with van der Waals surface area (Å²) in [5.74, 6) is 0.804. The standard InChI is InChI=1S/C23H22BrNO2/c1-12-13(2)19(9-8-18(12)24)25-22(26)20-15-10-16(14-6-4-3-5-7-14)17(11-15)21(20)23(25)27/h3-9,15-17,20-21H,10-11H2,1-2H3/t15-,16+,17+,20-,21-/m0/s1. The Hall–Kier alpha value is -1.94. The lowest BCUT2D eigenvalue weighted by Gasteiger charge is -2.28. The van der Waals surface area contributed by atoms with E-state index in [1.54, 1.807) is 0 Å². The van der Waals surface area contributed by atoms with Crippen LogP contribution in [0.15, 0.2) is 46.9 Å². The van der Waals surface area contributed by atoms with Crippen molar-refractivity contribution in [3.8, 4) is 0 Å². The number of fused-ring (bicyclic) bond motifs is 5. The molecule has 1 heterocycles. The molecular formula is C23H22BrNO2. The molecule has 3 aliphatic rings. The van der Waals surface area contributed by atoms with E-state index < -0.39 is 0 Å². The average Bonchev–Trinajstić information content (AvgIpc) is 3.33.